The predicted octanol–water partition coefficient (Wildman–Crippen LogP) is 5.03. The lowest BCUT2D eigenvalue weighted by Crippen LogP contribution is -2.43. The third kappa shape index (κ3) is 3.02. The van der Waals surface area contributed by atoms with E-state index in [0.717, 1.165) is 5.56 Å². The average Bonchev–Trinajstić information content (AvgIpc) is 2.37. The molecule has 20 heavy (non-hydrogen) atoms. The van der Waals surface area contributed by atoms with Crippen molar-refractivity contribution in [2.75, 3.05) is 0 Å². The van der Waals surface area contributed by atoms with E-state index < -0.39 is 0 Å². The van der Waals surface area contributed by atoms with Crippen LogP contribution in [0.2, 0.25) is 0 Å². The Morgan fingerprint density at radius 1 is 0.950 bits per heavy atom. The Labute approximate surface area is 122 Å². The van der Waals surface area contributed by atoms with Crippen LogP contribution in [-0.2, 0) is 0 Å². The van der Waals surface area contributed by atoms with E-state index in [0.29, 0.717) is 5.92 Å². The van der Waals surface area contributed by atoms with Gasteiger partial charge in [-0.15, -0.1) is 0 Å². The van der Waals surface area contributed by atoms with Gasteiger partial charge in [-0.3, -0.25) is 0 Å². The molecule has 0 saturated carbocycles. The Bertz CT molecular complexity index is 583. The summed E-state index contributed by atoms with van der Waals surface area (Å²) in [6.45, 7) is 10.4. The van der Waals surface area contributed by atoms with E-state index in [-0.39, 0.29) is 11.6 Å². The zero-order chi connectivity index (χ0) is 14.9. The first-order valence-corrected chi connectivity index (χ1v) is 7.27. The number of benzene rings is 2. The lowest BCUT2D eigenvalue weighted by Gasteiger charge is -2.38. The summed E-state index contributed by atoms with van der Waals surface area (Å²) in [5, 5.41) is 14.5. The van der Waals surface area contributed by atoms with Gasteiger partial charge in [0.15, 0.2) is 0 Å². The van der Waals surface area contributed by atoms with Crippen LogP contribution in [0.15, 0.2) is 42.5 Å². The van der Waals surface area contributed by atoms with Gasteiger partial charge in [0.2, 0.25) is 0 Å². The third-order valence-corrected chi connectivity index (χ3v) is 3.70. The molecule has 108 valence electrons. The second-order valence-corrected chi connectivity index (χ2v) is 6.81. The highest BCUT2D eigenvalue weighted by molar-refractivity contribution is 5.83. The summed E-state index contributed by atoms with van der Waals surface area (Å²) in [5.74, 6) is 0.334. The first-order chi connectivity index (χ1) is 9.30. The molecule has 0 saturated heterocycles. The Hall–Kier alpha value is -1.38. The minimum absolute atomic E-state index is 0.000365. The first kappa shape index (κ1) is 15.0. The molecule has 0 aliphatic rings. The largest absolute Gasteiger partial charge is 0.313 e. The molecule has 2 nitrogen and oxygen atoms in total. The molecule has 0 radical (unpaired) electrons. The highest BCUT2D eigenvalue weighted by atomic mass is 16.5. The third-order valence-electron chi connectivity index (χ3n) is 3.70. The molecule has 0 aromatic heterocycles. The van der Waals surface area contributed by atoms with Gasteiger partial charge in [0, 0.05) is 5.54 Å². The van der Waals surface area contributed by atoms with Crippen molar-refractivity contribution in [3.05, 3.63) is 48.0 Å². The first-order valence-electron chi connectivity index (χ1n) is 7.27. The molecule has 0 spiro atoms. The van der Waals surface area contributed by atoms with E-state index in [2.05, 4.69) is 56.3 Å². The van der Waals surface area contributed by atoms with Crippen LogP contribution in [0.25, 0.3) is 10.8 Å². The summed E-state index contributed by atoms with van der Waals surface area (Å²) in [4.78, 5) is 0. The lowest BCUT2D eigenvalue weighted by molar-refractivity contribution is -0.199. The van der Waals surface area contributed by atoms with Gasteiger partial charge < -0.3 is 5.21 Å². The second-order valence-electron chi connectivity index (χ2n) is 6.81. The van der Waals surface area contributed by atoms with Crippen molar-refractivity contribution in [1.29, 1.82) is 0 Å². The van der Waals surface area contributed by atoms with Crippen LogP contribution in [-0.4, -0.2) is 15.8 Å². The molecule has 1 N–H and O–H groups in total. The van der Waals surface area contributed by atoms with Crippen molar-refractivity contribution in [2.45, 2.75) is 46.2 Å². The zero-order valence-electron chi connectivity index (χ0n) is 13.1. The minimum Gasteiger partial charge on any atom is -0.313 e. The standard InChI is InChI=1S/C18H25NO/c1-13(2)17(19(20)18(3,4)5)16-11-10-14-8-6-7-9-15(14)12-16/h6-13,17,20H,1-5H3. The second kappa shape index (κ2) is 5.55. The van der Waals surface area contributed by atoms with Gasteiger partial charge >= 0.3 is 0 Å². The lowest BCUT2D eigenvalue weighted by atomic mass is 9.91. The molecule has 2 heteroatoms. The van der Waals surface area contributed by atoms with Crippen molar-refractivity contribution < 1.29 is 5.21 Å². The van der Waals surface area contributed by atoms with E-state index in [9.17, 15) is 5.21 Å². The zero-order valence-corrected chi connectivity index (χ0v) is 13.1. The van der Waals surface area contributed by atoms with Crippen molar-refractivity contribution in [1.82, 2.24) is 5.06 Å². The number of hydrogen-bond donors (Lipinski definition) is 1. The Morgan fingerprint density at radius 2 is 1.55 bits per heavy atom. The molecule has 0 aliphatic heterocycles. The monoisotopic (exact) mass is 271 g/mol. The fraction of sp³-hybridized carbons (Fsp3) is 0.444. The maximum absolute atomic E-state index is 10.6. The number of hydrogen-bond acceptors (Lipinski definition) is 2. The normalized spacial score (nSPS) is 14.2. The quantitative estimate of drug-likeness (QED) is 0.792. The molecular formula is C18H25NO. The molecular weight excluding hydrogens is 246 g/mol. The molecule has 2 aromatic carbocycles. The summed E-state index contributed by atoms with van der Waals surface area (Å²) < 4.78 is 0. The van der Waals surface area contributed by atoms with Gasteiger partial charge in [0.25, 0.3) is 0 Å². The van der Waals surface area contributed by atoms with Gasteiger partial charge in [-0.25, -0.2) is 0 Å². The molecule has 1 atom stereocenters. The van der Waals surface area contributed by atoms with E-state index >= 15 is 0 Å². The fourth-order valence-electron chi connectivity index (χ4n) is 2.62. The topological polar surface area (TPSA) is 23.5 Å². The van der Waals surface area contributed by atoms with Gasteiger partial charge in [0.05, 0.1) is 6.04 Å². The Kier molecular flexibility index (Phi) is 4.17. The van der Waals surface area contributed by atoms with Crippen LogP contribution < -0.4 is 0 Å². The van der Waals surface area contributed by atoms with Crippen LogP contribution in [0.1, 0.15) is 46.2 Å². The smallest absolute Gasteiger partial charge is 0.0628 e. The molecule has 0 fully saturated rings. The van der Waals surface area contributed by atoms with Crippen LogP contribution >= 0.6 is 0 Å². The molecule has 1 unspecified atom stereocenters. The summed E-state index contributed by atoms with van der Waals surface area (Å²) in [5.41, 5.74) is 0.886. The predicted molar refractivity (Wildman–Crippen MR) is 84.9 cm³/mol. The van der Waals surface area contributed by atoms with E-state index in [4.69, 9.17) is 0 Å². The number of hydroxylamine groups is 2. The highest BCUT2D eigenvalue weighted by Gasteiger charge is 2.30. The SMILES string of the molecule is CC(C)C(c1ccc2ccccc2c1)N(O)C(C)(C)C. The van der Waals surface area contributed by atoms with Crippen LogP contribution in [0, 0.1) is 5.92 Å². The van der Waals surface area contributed by atoms with E-state index in [1.807, 2.05) is 20.8 Å². The van der Waals surface area contributed by atoms with Gasteiger partial charge in [-0.2, -0.15) is 5.06 Å². The van der Waals surface area contributed by atoms with E-state index in [1.54, 1.807) is 0 Å². The average molecular weight is 271 g/mol. The summed E-state index contributed by atoms with van der Waals surface area (Å²) in [6.07, 6.45) is 0. The molecule has 2 aromatic rings. The molecule has 2 rings (SSSR count). The summed E-state index contributed by atoms with van der Waals surface area (Å²) in [6, 6.07) is 14.8. The number of rotatable bonds is 3. The molecule has 0 bridgehead atoms. The maximum Gasteiger partial charge on any atom is 0.0628 e. The van der Waals surface area contributed by atoms with Crippen molar-refractivity contribution in [2.24, 2.45) is 5.92 Å². The van der Waals surface area contributed by atoms with Crippen molar-refractivity contribution in [3.8, 4) is 0 Å². The van der Waals surface area contributed by atoms with Crippen molar-refractivity contribution >= 4 is 10.8 Å². The Morgan fingerprint density at radius 3 is 2.10 bits per heavy atom. The molecule has 0 heterocycles. The fourth-order valence-corrected chi connectivity index (χ4v) is 2.62. The van der Waals surface area contributed by atoms with Gasteiger partial charge in [-0.05, 0) is 49.1 Å². The number of fused-ring (bicyclic) bond motifs is 1. The minimum atomic E-state index is -0.277. The molecule has 0 aliphatic carbocycles. The van der Waals surface area contributed by atoms with Gasteiger partial charge in [-0.1, -0.05) is 50.2 Å². The van der Waals surface area contributed by atoms with Crippen LogP contribution in [0.4, 0.5) is 0 Å². The molecule has 0 amide bonds. The Balaban J connectivity index is 2.47. The maximum atomic E-state index is 10.6. The van der Waals surface area contributed by atoms with Crippen LogP contribution in [0.3, 0.4) is 0 Å². The summed E-state index contributed by atoms with van der Waals surface area (Å²) in [7, 11) is 0. The van der Waals surface area contributed by atoms with Crippen molar-refractivity contribution in [3.63, 3.8) is 0 Å². The van der Waals surface area contributed by atoms with Crippen LogP contribution in [0.5, 0.6) is 0 Å². The highest BCUT2D eigenvalue weighted by Crippen LogP contribution is 2.33. The summed E-state index contributed by atoms with van der Waals surface area (Å²) >= 11 is 0. The van der Waals surface area contributed by atoms with E-state index in [1.165, 1.54) is 15.8 Å². The number of nitrogens with zero attached hydrogens (tertiary/aromatic N) is 1. The van der Waals surface area contributed by atoms with Gasteiger partial charge in [0.1, 0.15) is 0 Å².